The van der Waals surface area contributed by atoms with Crippen molar-refractivity contribution in [2.45, 2.75) is 39.7 Å². The van der Waals surface area contributed by atoms with Crippen molar-refractivity contribution in [2.24, 2.45) is 0 Å². The Morgan fingerprint density at radius 3 is 2.68 bits per heavy atom. The Bertz CT molecular complexity index is 413. The smallest absolute Gasteiger partial charge is 0.407 e. The number of hydrogen-bond acceptors (Lipinski definition) is 4. The average Bonchev–Trinajstić information content (AvgIpc) is 2.26. The second kappa shape index (κ2) is 6.97. The molecule has 0 radical (unpaired) electrons. The van der Waals surface area contributed by atoms with E-state index in [0.717, 1.165) is 24.5 Å². The van der Waals surface area contributed by atoms with Gasteiger partial charge in [-0.05, 0) is 46.2 Å². The number of carbonyl (C=O) groups excluding carboxylic acids is 1. The van der Waals surface area contributed by atoms with E-state index in [9.17, 15) is 4.79 Å². The molecule has 1 aromatic rings. The van der Waals surface area contributed by atoms with E-state index in [-0.39, 0.29) is 6.09 Å². The highest BCUT2D eigenvalue weighted by Crippen LogP contribution is 2.06. The molecule has 0 aliphatic carbocycles. The molecule has 0 spiro atoms. The van der Waals surface area contributed by atoms with Gasteiger partial charge in [0.25, 0.3) is 0 Å². The molecule has 1 rings (SSSR count). The van der Waals surface area contributed by atoms with E-state index in [1.807, 2.05) is 45.9 Å². The highest BCUT2D eigenvalue weighted by molar-refractivity contribution is 5.67. The number of ether oxygens (including phenoxy) is 1. The summed E-state index contributed by atoms with van der Waals surface area (Å²) < 4.78 is 5.14. The molecule has 1 heterocycles. The summed E-state index contributed by atoms with van der Waals surface area (Å²) in [4.78, 5) is 15.7. The van der Waals surface area contributed by atoms with E-state index in [2.05, 4.69) is 15.6 Å². The molecule has 0 aliphatic heterocycles. The maximum absolute atomic E-state index is 11.4. The van der Waals surface area contributed by atoms with Gasteiger partial charge in [0, 0.05) is 18.8 Å². The molecular weight excluding hydrogens is 242 g/mol. The van der Waals surface area contributed by atoms with Gasteiger partial charge in [0.2, 0.25) is 0 Å². The number of hydrogen-bond donors (Lipinski definition) is 2. The van der Waals surface area contributed by atoms with Crippen LogP contribution in [-0.4, -0.2) is 29.8 Å². The topological polar surface area (TPSA) is 63.2 Å². The Kier molecular flexibility index (Phi) is 5.60. The van der Waals surface area contributed by atoms with E-state index in [0.29, 0.717) is 6.54 Å². The summed E-state index contributed by atoms with van der Waals surface area (Å²) >= 11 is 0. The summed E-state index contributed by atoms with van der Waals surface area (Å²) in [5.41, 5.74) is 0.533. The molecular formula is C14H23N3O2. The first-order valence-electron chi connectivity index (χ1n) is 6.51. The number of anilines is 1. The van der Waals surface area contributed by atoms with Crippen LogP contribution in [-0.2, 0) is 4.74 Å². The second-order valence-corrected chi connectivity index (χ2v) is 5.37. The van der Waals surface area contributed by atoms with Gasteiger partial charge in [0.15, 0.2) is 0 Å². The molecule has 5 heteroatoms. The van der Waals surface area contributed by atoms with Crippen LogP contribution in [0.5, 0.6) is 0 Å². The lowest BCUT2D eigenvalue weighted by atomic mass is 10.2. The minimum absolute atomic E-state index is 0.374. The number of aryl methyl sites for hydroxylation is 1. The fraction of sp³-hybridized carbons (Fsp3) is 0.571. The van der Waals surface area contributed by atoms with E-state index < -0.39 is 5.60 Å². The number of nitrogens with zero attached hydrogens (tertiary/aromatic N) is 1. The molecule has 0 fully saturated rings. The Morgan fingerprint density at radius 2 is 2.05 bits per heavy atom. The monoisotopic (exact) mass is 265 g/mol. The van der Waals surface area contributed by atoms with Crippen LogP contribution in [0, 0.1) is 6.92 Å². The molecule has 19 heavy (non-hydrogen) atoms. The van der Waals surface area contributed by atoms with Crippen molar-refractivity contribution in [3.8, 4) is 0 Å². The van der Waals surface area contributed by atoms with Gasteiger partial charge in [0.1, 0.15) is 11.4 Å². The second-order valence-electron chi connectivity index (χ2n) is 5.37. The number of aromatic nitrogens is 1. The summed E-state index contributed by atoms with van der Waals surface area (Å²) in [7, 11) is 0. The third-order valence-electron chi connectivity index (χ3n) is 2.22. The molecule has 0 aromatic carbocycles. The number of alkyl carbamates (subject to hydrolysis) is 1. The molecule has 1 amide bonds. The molecule has 0 saturated carbocycles. The zero-order valence-electron chi connectivity index (χ0n) is 12.1. The summed E-state index contributed by atoms with van der Waals surface area (Å²) in [6, 6.07) is 5.84. The van der Waals surface area contributed by atoms with Gasteiger partial charge >= 0.3 is 6.09 Å². The van der Waals surface area contributed by atoms with Crippen molar-refractivity contribution in [3.05, 3.63) is 23.9 Å². The fourth-order valence-corrected chi connectivity index (χ4v) is 1.45. The number of rotatable bonds is 5. The van der Waals surface area contributed by atoms with Crippen LogP contribution in [0.25, 0.3) is 0 Å². The van der Waals surface area contributed by atoms with Gasteiger partial charge in [-0.1, -0.05) is 6.07 Å². The number of pyridine rings is 1. The Hall–Kier alpha value is -1.78. The fourth-order valence-electron chi connectivity index (χ4n) is 1.45. The highest BCUT2D eigenvalue weighted by atomic mass is 16.6. The molecule has 106 valence electrons. The van der Waals surface area contributed by atoms with Crippen molar-refractivity contribution < 1.29 is 9.53 Å². The third kappa shape index (κ3) is 7.28. The standard InChI is InChI=1S/C14H23N3O2/c1-11-7-5-8-12(17-11)15-9-6-10-16-13(18)19-14(2,3)4/h5,7-8H,6,9-10H2,1-4H3,(H,15,17)(H,16,18). The first-order valence-corrected chi connectivity index (χ1v) is 6.51. The first kappa shape index (κ1) is 15.3. The molecule has 0 bridgehead atoms. The predicted octanol–water partition coefficient (Wildman–Crippen LogP) is 2.72. The van der Waals surface area contributed by atoms with Crippen molar-refractivity contribution >= 4 is 11.9 Å². The van der Waals surface area contributed by atoms with Gasteiger partial charge in [0.05, 0.1) is 0 Å². The summed E-state index contributed by atoms with van der Waals surface area (Å²) in [6.07, 6.45) is 0.440. The summed E-state index contributed by atoms with van der Waals surface area (Å²) in [5, 5.41) is 5.92. The minimum atomic E-state index is -0.451. The van der Waals surface area contributed by atoms with Gasteiger partial charge in [-0.25, -0.2) is 9.78 Å². The molecule has 0 saturated heterocycles. The lowest BCUT2D eigenvalue weighted by Gasteiger charge is -2.19. The lowest BCUT2D eigenvalue weighted by Crippen LogP contribution is -2.33. The van der Waals surface area contributed by atoms with Crippen molar-refractivity contribution in [1.29, 1.82) is 0 Å². The molecule has 2 N–H and O–H groups in total. The normalized spacial score (nSPS) is 10.9. The van der Waals surface area contributed by atoms with Crippen molar-refractivity contribution in [1.82, 2.24) is 10.3 Å². The van der Waals surface area contributed by atoms with Crippen LogP contribution in [0.15, 0.2) is 18.2 Å². The number of nitrogens with one attached hydrogen (secondary N) is 2. The van der Waals surface area contributed by atoms with Crippen molar-refractivity contribution in [3.63, 3.8) is 0 Å². The van der Waals surface area contributed by atoms with Gasteiger partial charge in [-0.2, -0.15) is 0 Å². The van der Waals surface area contributed by atoms with Gasteiger partial charge in [-0.15, -0.1) is 0 Å². The van der Waals surface area contributed by atoms with Crippen LogP contribution in [0.3, 0.4) is 0 Å². The molecule has 5 nitrogen and oxygen atoms in total. The number of carbonyl (C=O) groups is 1. The van der Waals surface area contributed by atoms with Crippen LogP contribution >= 0.6 is 0 Å². The Morgan fingerprint density at radius 1 is 1.32 bits per heavy atom. The minimum Gasteiger partial charge on any atom is -0.444 e. The number of amides is 1. The summed E-state index contributed by atoms with van der Waals surface area (Å²) in [5.74, 6) is 0.859. The maximum atomic E-state index is 11.4. The average molecular weight is 265 g/mol. The van der Waals surface area contributed by atoms with Crippen molar-refractivity contribution in [2.75, 3.05) is 18.4 Å². The first-order chi connectivity index (χ1) is 8.87. The highest BCUT2D eigenvalue weighted by Gasteiger charge is 2.15. The molecule has 0 atom stereocenters. The largest absolute Gasteiger partial charge is 0.444 e. The van der Waals surface area contributed by atoms with Gasteiger partial charge < -0.3 is 15.4 Å². The van der Waals surface area contributed by atoms with Crippen LogP contribution in [0.2, 0.25) is 0 Å². The predicted molar refractivity (Wildman–Crippen MR) is 76.3 cm³/mol. The Balaban J connectivity index is 2.13. The van der Waals surface area contributed by atoms with E-state index >= 15 is 0 Å². The Labute approximate surface area is 114 Å². The van der Waals surface area contributed by atoms with E-state index in [4.69, 9.17) is 4.74 Å². The molecule has 0 unspecified atom stereocenters. The quantitative estimate of drug-likeness (QED) is 0.803. The zero-order chi connectivity index (χ0) is 14.3. The maximum Gasteiger partial charge on any atom is 0.407 e. The van der Waals surface area contributed by atoms with Crippen LogP contribution in [0.4, 0.5) is 10.6 Å². The zero-order valence-corrected chi connectivity index (χ0v) is 12.1. The molecule has 1 aromatic heterocycles. The van der Waals surface area contributed by atoms with Crippen LogP contribution < -0.4 is 10.6 Å². The molecule has 0 aliphatic rings. The lowest BCUT2D eigenvalue weighted by molar-refractivity contribution is 0.0528. The third-order valence-corrected chi connectivity index (χ3v) is 2.22. The SMILES string of the molecule is Cc1cccc(NCCCNC(=O)OC(C)(C)C)n1. The van der Waals surface area contributed by atoms with E-state index in [1.54, 1.807) is 0 Å². The van der Waals surface area contributed by atoms with E-state index in [1.165, 1.54) is 0 Å². The van der Waals surface area contributed by atoms with Crippen LogP contribution in [0.1, 0.15) is 32.9 Å². The summed E-state index contributed by atoms with van der Waals surface area (Å²) in [6.45, 7) is 8.82. The van der Waals surface area contributed by atoms with Gasteiger partial charge in [-0.3, -0.25) is 0 Å².